The fourth-order valence-electron chi connectivity index (χ4n) is 1.81. The molecular weight excluding hydrogens is 292 g/mol. The average molecular weight is 307 g/mol. The molecule has 7 heteroatoms. The number of unbranched alkanes of at least 4 members (excludes halogenated alkanes) is 1. The summed E-state index contributed by atoms with van der Waals surface area (Å²) in [5.74, 6) is -2.65. The van der Waals surface area contributed by atoms with Crippen molar-refractivity contribution in [3.8, 4) is 0 Å². The van der Waals surface area contributed by atoms with Crippen molar-refractivity contribution in [3.05, 3.63) is 58.0 Å². The molecule has 0 fully saturated rings. The Morgan fingerprint density at radius 1 is 1.23 bits per heavy atom. The predicted molar refractivity (Wildman–Crippen MR) is 77.7 cm³/mol. The van der Waals surface area contributed by atoms with Crippen LogP contribution in [-0.4, -0.2) is 15.7 Å². The van der Waals surface area contributed by atoms with Gasteiger partial charge in [-0.1, -0.05) is 13.3 Å². The van der Waals surface area contributed by atoms with Crippen LogP contribution in [0.2, 0.25) is 0 Å². The Balaban J connectivity index is 2.18. The van der Waals surface area contributed by atoms with Crippen molar-refractivity contribution in [1.29, 1.82) is 0 Å². The largest absolute Gasteiger partial charge is 0.320 e. The second-order valence-corrected chi connectivity index (χ2v) is 4.72. The fourth-order valence-corrected chi connectivity index (χ4v) is 1.81. The highest BCUT2D eigenvalue weighted by molar-refractivity contribution is 6.02. The van der Waals surface area contributed by atoms with Gasteiger partial charge in [-0.3, -0.25) is 9.59 Å². The van der Waals surface area contributed by atoms with Gasteiger partial charge in [0.1, 0.15) is 5.69 Å². The van der Waals surface area contributed by atoms with Crippen molar-refractivity contribution in [1.82, 2.24) is 9.78 Å². The summed E-state index contributed by atoms with van der Waals surface area (Å²) in [6.45, 7) is 2.40. The van der Waals surface area contributed by atoms with E-state index in [0.29, 0.717) is 6.54 Å². The van der Waals surface area contributed by atoms with Crippen LogP contribution in [0.4, 0.5) is 14.5 Å². The lowest BCUT2D eigenvalue weighted by Gasteiger charge is -2.07. The second-order valence-electron chi connectivity index (χ2n) is 4.72. The molecule has 5 nitrogen and oxygen atoms in total. The van der Waals surface area contributed by atoms with Crippen LogP contribution in [0.15, 0.2) is 35.1 Å². The van der Waals surface area contributed by atoms with E-state index in [1.165, 1.54) is 22.9 Å². The number of amides is 1. The maximum Gasteiger partial charge on any atom is 0.276 e. The van der Waals surface area contributed by atoms with Gasteiger partial charge in [0.15, 0.2) is 11.6 Å². The van der Waals surface area contributed by atoms with Crippen LogP contribution in [-0.2, 0) is 6.54 Å². The summed E-state index contributed by atoms with van der Waals surface area (Å²) in [7, 11) is 0. The molecule has 2 aromatic rings. The van der Waals surface area contributed by atoms with Crippen LogP contribution in [0, 0.1) is 11.6 Å². The molecular formula is C15H15F2N3O2. The molecule has 116 valence electrons. The number of benzene rings is 1. The third kappa shape index (κ3) is 3.75. The van der Waals surface area contributed by atoms with Crippen molar-refractivity contribution in [3.63, 3.8) is 0 Å². The summed E-state index contributed by atoms with van der Waals surface area (Å²) in [6.07, 6.45) is 1.65. The molecule has 0 aliphatic carbocycles. The minimum Gasteiger partial charge on any atom is -0.320 e. The van der Waals surface area contributed by atoms with Crippen molar-refractivity contribution in [2.24, 2.45) is 0 Å². The molecule has 0 spiro atoms. The third-order valence-corrected chi connectivity index (χ3v) is 3.00. The molecule has 0 aliphatic rings. The van der Waals surface area contributed by atoms with E-state index in [-0.39, 0.29) is 16.9 Å². The molecule has 1 heterocycles. The number of anilines is 1. The zero-order chi connectivity index (χ0) is 16.1. The number of hydrogen-bond acceptors (Lipinski definition) is 3. The SMILES string of the molecule is CCCCn1nc(C(=O)Nc2ccc(F)c(F)c2)ccc1=O. The molecule has 0 unspecified atom stereocenters. The van der Waals surface area contributed by atoms with E-state index in [0.717, 1.165) is 25.0 Å². The second kappa shape index (κ2) is 6.93. The number of carbonyl (C=O) groups excluding carboxylic acids is 1. The highest BCUT2D eigenvalue weighted by Crippen LogP contribution is 2.13. The average Bonchev–Trinajstić information content (AvgIpc) is 2.50. The van der Waals surface area contributed by atoms with E-state index in [4.69, 9.17) is 0 Å². The quantitative estimate of drug-likeness (QED) is 0.923. The fraction of sp³-hybridized carbons (Fsp3) is 0.267. The number of halogens is 2. The van der Waals surface area contributed by atoms with Gasteiger partial charge in [-0.05, 0) is 24.6 Å². The van der Waals surface area contributed by atoms with Crippen LogP contribution < -0.4 is 10.9 Å². The molecule has 1 aromatic carbocycles. The Labute approximate surface area is 125 Å². The first-order valence-electron chi connectivity index (χ1n) is 6.86. The summed E-state index contributed by atoms with van der Waals surface area (Å²) in [5, 5.41) is 6.38. The van der Waals surface area contributed by atoms with Gasteiger partial charge < -0.3 is 5.32 Å². The topological polar surface area (TPSA) is 64.0 Å². The van der Waals surface area contributed by atoms with Crippen molar-refractivity contribution >= 4 is 11.6 Å². The molecule has 1 aromatic heterocycles. The number of carbonyl (C=O) groups is 1. The summed E-state index contributed by atoms with van der Waals surface area (Å²) < 4.78 is 27.1. The zero-order valence-electron chi connectivity index (χ0n) is 12.0. The van der Waals surface area contributed by atoms with Crippen molar-refractivity contribution < 1.29 is 13.6 Å². The minimum atomic E-state index is -1.06. The first-order chi connectivity index (χ1) is 10.5. The number of rotatable bonds is 5. The van der Waals surface area contributed by atoms with E-state index in [2.05, 4.69) is 10.4 Å². The number of nitrogens with zero attached hydrogens (tertiary/aromatic N) is 2. The van der Waals surface area contributed by atoms with Crippen LogP contribution in [0.1, 0.15) is 30.3 Å². The molecule has 1 N–H and O–H groups in total. The Hall–Kier alpha value is -2.57. The monoisotopic (exact) mass is 307 g/mol. The highest BCUT2D eigenvalue weighted by atomic mass is 19.2. The zero-order valence-corrected chi connectivity index (χ0v) is 12.0. The Bertz CT molecular complexity index is 744. The van der Waals surface area contributed by atoms with Gasteiger partial charge in [0.2, 0.25) is 0 Å². The van der Waals surface area contributed by atoms with E-state index >= 15 is 0 Å². The van der Waals surface area contributed by atoms with Gasteiger partial charge in [0.25, 0.3) is 11.5 Å². The van der Waals surface area contributed by atoms with E-state index in [1.807, 2.05) is 6.92 Å². The molecule has 1 amide bonds. The van der Waals surface area contributed by atoms with E-state index < -0.39 is 17.5 Å². The molecule has 0 bridgehead atoms. The molecule has 22 heavy (non-hydrogen) atoms. The van der Waals surface area contributed by atoms with E-state index in [1.54, 1.807) is 0 Å². The number of aryl methyl sites for hydroxylation is 1. The highest BCUT2D eigenvalue weighted by Gasteiger charge is 2.11. The van der Waals surface area contributed by atoms with Crippen LogP contribution >= 0.6 is 0 Å². The van der Waals surface area contributed by atoms with Crippen molar-refractivity contribution in [2.75, 3.05) is 5.32 Å². The lowest BCUT2D eigenvalue weighted by atomic mass is 10.3. The summed E-state index contributed by atoms with van der Waals surface area (Å²) >= 11 is 0. The normalized spacial score (nSPS) is 10.5. The van der Waals surface area contributed by atoms with Crippen molar-refractivity contribution in [2.45, 2.75) is 26.3 Å². The van der Waals surface area contributed by atoms with Gasteiger partial charge in [0.05, 0.1) is 0 Å². The van der Waals surface area contributed by atoms with Crippen LogP contribution in [0.5, 0.6) is 0 Å². The number of aromatic nitrogens is 2. The van der Waals surface area contributed by atoms with Crippen LogP contribution in [0.3, 0.4) is 0 Å². The summed E-state index contributed by atoms with van der Waals surface area (Å²) in [4.78, 5) is 23.7. The molecule has 0 aliphatic heterocycles. The van der Waals surface area contributed by atoms with Gasteiger partial charge in [-0.2, -0.15) is 5.10 Å². The maximum atomic E-state index is 13.1. The Kier molecular flexibility index (Phi) is 4.98. The number of nitrogens with one attached hydrogen (secondary N) is 1. The third-order valence-electron chi connectivity index (χ3n) is 3.00. The lowest BCUT2D eigenvalue weighted by molar-refractivity contribution is 0.101. The molecule has 0 saturated heterocycles. The molecule has 0 saturated carbocycles. The van der Waals surface area contributed by atoms with Gasteiger partial charge in [-0.25, -0.2) is 13.5 Å². The standard InChI is InChI=1S/C15H15F2N3O2/c1-2-3-8-20-14(21)7-6-13(19-20)15(22)18-10-4-5-11(16)12(17)9-10/h4-7,9H,2-3,8H2,1H3,(H,18,22). The van der Waals surface area contributed by atoms with Gasteiger partial charge in [-0.15, -0.1) is 0 Å². The van der Waals surface area contributed by atoms with Crippen LogP contribution in [0.25, 0.3) is 0 Å². The smallest absolute Gasteiger partial charge is 0.276 e. The molecule has 0 atom stereocenters. The Morgan fingerprint density at radius 2 is 2.00 bits per heavy atom. The molecule has 2 rings (SSSR count). The maximum absolute atomic E-state index is 13.1. The first-order valence-corrected chi connectivity index (χ1v) is 6.86. The minimum absolute atomic E-state index is 0.0282. The summed E-state index contributed by atoms with van der Waals surface area (Å²) in [6, 6.07) is 5.58. The lowest BCUT2D eigenvalue weighted by Crippen LogP contribution is -2.26. The predicted octanol–water partition coefficient (Wildman–Crippen LogP) is 2.57. The van der Waals surface area contributed by atoms with E-state index in [9.17, 15) is 18.4 Å². The Morgan fingerprint density at radius 3 is 2.68 bits per heavy atom. The van der Waals surface area contributed by atoms with Gasteiger partial charge >= 0.3 is 0 Å². The summed E-state index contributed by atoms with van der Waals surface area (Å²) in [5.41, 5.74) is -0.157. The number of hydrogen-bond donors (Lipinski definition) is 1. The molecule has 0 radical (unpaired) electrons. The van der Waals surface area contributed by atoms with Gasteiger partial charge in [0, 0.05) is 24.4 Å². The first kappa shape index (κ1) is 15.8.